The molecule has 178 valence electrons. The first kappa shape index (κ1) is 22.8. The van der Waals surface area contributed by atoms with Crippen molar-refractivity contribution < 1.29 is 13.9 Å². The van der Waals surface area contributed by atoms with Gasteiger partial charge >= 0.3 is 0 Å². The molecule has 35 heavy (non-hydrogen) atoms. The Kier molecular flexibility index (Phi) is 6.08. The Morgan fingerprint density at radius 2 is 2.00 bits per heavy atom. The molecule has 0 aliphatic rings. The third-order valence-corrected chi connectivity index (χ3v) is 7.04. The Balaban J connectivity index is 1.46. The van der Waals surface area contributed by atoms with Gasteiger partial charge < -0.3 is 14.6 Å². The summed E-state index contributed by atoms with van der Waals surface area (Å²) in [5, 5.41) is 8.70. The van der Waals surface area contributed by atoms with Gasteiger partial charge in [-0.05, 0) is 48.4 Å². The SMILES string of the molecule is COc1cccc(C(NC(=O)c2cc3c(C)nn(Cc4ccc(F)cc4)c3s2)c2nccn2C)c1. The number of aryl methyl sites for hydroxylation is 2. The lowest BCUT2D eigenvalue weighted by molar-refractivity contribution is 0.0945. The minimum atomic E-state index is -0.459. The predicted molar refractivity (Wildman–Crippen MR) is 133 cm³/mol. The number of methoxy groups -OCH3 is 1. The van der Waals surface area contributed by atoms with Crippen LogP contribution in [0.3, 0.4) is 0 Å². The predicted octanol–water partition coefficient (Wildman–Crippen LogP) is 4.86. The van der Waals surface area contributed by atoms with Crippen LogP contribution in [0.15, 0.2) is 67.0 Å². The molecule has 1 atom stereocenters. The second-order valence-electron chi connectivity index (χ2n) is 8.28. The third kappa shape index (κ3) is 4.54. The van der Waals surface area contributed by atoms with Crippen molar-refractivity contribution in [1.29, 1.82) is 0 Å². The van der Waals surface area contributed by atoms with Crippen LogP contribution in [0.25, 0.3) is 10.2 Å². The molecule has 1 N–H and O–H groups in total. The van der Waals surface area contributed by atoms with Crippen molar-refractivity contribution in [2.24, 2.45) is 7.05 Å². The highest BCUT2D eigenvalue weighted by molar-refractivity contribution is 7.20. The van der Waals surface area contributed by atoms with Gasteiger partial charge in [0.2, 0.25) is 0 Å². The van der Waals surface area contributed by atoms with E-state index in [9.17, 15) is 9.18 Å². The van der Waals surface area contributed by atoms with E-state index >= 15 is 0 Å². The number of fused-ring (bicyclic) bond motifs is 1. The number of rotatable bonds is 7. The van der Waals surface area contributed by atoms with Crippen LogP contribution in [0, 0.1) is 12.7 Å². The van der Waals surface area contributed by atoms with Crippen molar-refractivity contribution >= 4 is 27.5 Å². The minimum Gasteiger partial charge on any atom is -0.497 e. The standard InChI is InChI=1S/C26H24FN5O2S/c1-16-21-14-22(35-26(21)32(30-16)15-17-7-9-19(27)10-8-17)25(33)29-23(24-28-11-12-31(24)2)18-5-4-6-20(13-18)34-3/h4-14,23H,15H2,1-3H3,(H,29,33). The fourth-order valence-electron chi connectivity index (χ4n) is 4.07. The Hall–Kier alpha value is -3.98. The molecule has 3 aromatic heterocycles. The minimum absolute atomic E-state index is 0.199. The quantitative estimate of drug-likeness (QED) is 0.355. The maximum absolute atomic E-state index is 13.4. The Labute approximate surface area is 205 Å². The van der Waals surface area contributed by atoms with Crippen LogP contribution in [0.1, 0.15) is 38.4 Å². The molecule has 0 saturated heterocycles. The summed E-state index contributed by atoms with van der Waals surface area (Å²) in [7, 11) is 3.51. The van der Waals surface area contributed by atoms with Crippen molar-refractivity contribution in [2.45, 2.75) is 19.5 Å². The molecule has 5 aromatic rings. The molecule has 0 bridgehead atoms. The van der Waals surface area contributed by atoms with E-state index < -0.39 is 6.04 Å². The number of amides is 1. The number of aromatic nitrogens is 4. The summed E-state index contributed by atoms with van der Waals surface area (Å²) < 4.78 is 22.4. The van der Waals surface area contributed by atoms with Crippen molar-refractivity contribution in [2.75, 3.05) is 7.11 Å². The first-order valence-electron chi connectivity index (χ1n) is 11.1. The summed E-state index contributed by atoms with van der Waals surface area (Å²) in [6, 6.07) is 15.4. The monoisotopic (exact) mass is 489 g/mol. The van der Waals surface area contributed by atoms with E-state index in [2.05, 4.69) is 15.4 Å². The van der Waals surface area contributed by atoms with Crippen molar-refractivity contribution in [3.05, 3.63) is 100 Å². The van der Waals surface area contributed by atoms with Crippen molar-refractivity contribution in [1.82, 2.24) is 24.6 Å². The maximum Gasteiger partial charge on any atom is 0.262 e. The molecule has 9 heteroatoms. The van der Waals surface area contributed by atoms with Gasteiger partial charge in [-0.3, -0.25) is 9.48 Å². The largest absolute Gasteiger partial charge is 0.497 e. The van der Waals surface area contributed by atoms with Gasteiger partial charge in [-0.25, -0.2) is 9.37 Å². The van der Waals surface area contributed by atoms with Crippen LogP contribution in [0.4, 0.5) is 4.39 Å². The number of imidazole rings is 1. The Morgan fingerprint density at radius 1 is 1.20 bits per heavy atom. The number of thiophene rings is 1. The normalized spacial score (nSPS) is 12.1. The molecular formula is C26H24FN5O2S. The highest BCUT2D eigenvalue weighted by Crippen LogP contribution is 2.30. The molecule has 5 rings (SSSR count). The molecule has 0 spiro atoms. The first-order valence-corrected chi connectivity index (χ1v) is 11.9. The molecule has 2 aromatic carbocycles. The summed E-state index contributed by atoms with van der Waals surface area (Å²) in [6.07, 6.45) is 3.56. The van der Waals surface area contributed by atoms with Gasteiger partial charge in [0, 0.05) is 24.8 Å². The number of benzene rings is 2. The van der Waals surface area contributed by atoms with Gasteiger partial charge in [-0.1, -0.05) is 24.3 Å². The fourth-order valence-corrected chi connectivity index (χ4v) is 5.13. The van der Waals surface area contributed by atoms with E-state index in [-0.39, 0.29) is 11.7 Å². The highest BCUT2D eigenvalue weighted by atomic mass is 32.1. The van der Waals surface area contributed by atoms with Crippen LogP contribution in [-0.2, 0) is 13.6 Å². The van der Waals surface area contributed by atoms with E-state index in [0.29, 0.717) is 23.0 Å². The van der Waals surface area contributed by atoms with Crippen LogP contribution < -0.4 is 10.1 Å². The first-order chi connectivity index (χ1) is 16.9. The smallest absolute Gasteiger partial charge is 0.262 e. The summed E-state index contributed by atoms with van der Waals surface area (Å²) in [5.74, 6) is 0.944. The second kappa shape index (κ2) is 9.34. The lowest BCUT2D eigenvalue weighted by Gasteiger charge is -2.19. The van der Waals surface area contributed by atoms with Crippen LogP contribution in [0.5, 0.6) is 5.75 Å². The Morgan fingerprint density at radius 3 is 2.71 bits per heavy atom. The molecule has 0 saturated carbocycles. The van der Waals surface area contributed by atoms with E-state index in [0.717, 1.165) is 27.0 Å². The van der Waals surface area contributed by atoms with Gasteiger partial charge in [0.15, 0.2) is 0 Å². The van der Waals surface area contributed by atoms with Gasteiger partial charge in [0.05, 0.1) is 24.2 Å². The number of hydrogen-bond donors (Lipinski definition) is 1. The highest BCUT2D eigenvalue weighted by Gasteiger charge is 2.24. The molecule has 0 aliphatic heterocycles. The van der Waals surface area contributed by atoms with Crippen LogP contribution >= 0.6 is 11.3 Å². The lowest BCUT2D eigenvalue weighted by Crippen LogP contribution is -2.30. The molecule has 0 radical (unpaired) electrons. The second-order valence-corrected chi connectivity index (χ2v) is 9.31. The maximum atomic E-state index is 13.4. The molecule has 1 amide bonds. The zero-order valence-electron chi connectivity index (χ0n) is 19.5. The summed E-state index contributed by atoms with van der Waals surface area (Å²) in [4.78, 5) is 19.4. The number of nitrogens with one attached hydrogen (secondary N) is 1. The van der Waals surface area contributed by atoms with Gasteiger partial charge in [-0.15, -0.1) is 11.3 Å². The topological polar surface area (TPSA) is 74.0 Å². The molecule has 0 fully saturated rings. The van der Waals surface area contributed by atoms with Gasteiger partial charge in [0.25, 0.3) is 5.91 Å². The Bertz CT molecular complexity index is 1500. The number of nitrogens with zero attached hydrogens (tertiary/aromatic N) is 4. The van der Waals surface area contributed by atoms with E-state index in [1.165, 1.54) is 23.5 Å². The number of carbonyl (C=O) groups is 1. The number of carbonyl (C=O) groups excluding carboxylic acids is 1. The van der Waals surface area contributed by atoms with Crippen LogP contribution in [-0.4, -0.2) is 32.3 Å². The number of hydrogen-bond acceptors (Lipinski definition) is 5. The summed E-state index contributed by atoms with van der Waals surface area (Å²) in [6.45, 7) is 2.41. The van der Waals surface area contributed by atoms with E-state index in [4.69, 9.17) is 4.74 Å². The summed E-state index contributed by atoms with van der Waals surface area (Å²) in [5.41, 5.74) is 2.64. The van der Waals surface area contributed by atoms with E-state index in [1.54, 1.807) is 25.4 Å². The van der Waals surface area contributed by atoms with Crippen LogP contribution in [0.2, 0.25) is 0 Å². The van der Waals surface area contributed by atoms with Gasteiger partial charge in [0.1, 0.15) is 28.3 Å². The average Bonchev–Trinajstić information content (AvgIpc) is 3.56. The number of halogens is 1. The molecular weight excluding hydrogens is 465 g/mol. The molecule has 1 unspecified atom stereocenters. The number of ether oxygens (including phenoxy) is 1. The zero-order chi connectivity index (χ0) is 24.5. The van der Waals surface area contributed by atoms with Crippen molar-refractivity contribution in [3.8, 4) is 5.75 Å². The average molecular weight is 490 g/mol. The molecule has 3 heterocycles. The lowest BCUT2D eigenvalue weighted by atomic mass is 10.1. The fraction of sp³-hybridized carbons (Fsp3) is 0.192. The zero-order valence-corrected chi connectivity index (χ0v) is 20.3. The molecule has 0 aliphatic carbocycles. The summed E-state index contributed by atoms with van der Waals surface area (Å²) >= 11 is 1.38. The third-order valence-electron chi connectivity index (χ3n) is 5.90. The molecule has 7 nitrogen and oxygen atoms in total. The van der Waals surface area contributed by atoms with Crippen molar-refractivity contribution in [3.63, 3.8) is 0 Å². The van der Waals surface area contributed by atoms with Gasteiger partial charge in [-0.2, -0.15) is 5.10 Å². The van der Waals surface area contributed by atoms with E-state index in [1.807, 2.05) is 59.7 Å².